The van der Waals surface area contributed by atoms with E-state index < -0.39 is 11.7 Å². The summed E-state index contributed by atoms with van der Waals surface area (Å²) < 4.78 is 43.4. The summed E-state index contributed by atoms with van der Waals surface area (Å²) in [5, 5.41) is 0. The molecule has 0 fully saturated rings. The molecule has 0 bridgehead atoms. The Morgan fingerprint density at radius 3 is 2.55 bits per heavy atom. The lowest BCUT2D eigenvalue weighted by molar-refractivity contribution is -0.137. The summed E-state index contributed by atoms with van der Waals surface area (Å²) in [6.07, 6.45) is -2.35. The largest absolute Gasteiger partial charge is 0.416 e. The number of methoxy groups -OCH3 is 1. The predicted molar refractivity (Wildman–Crippen MR) is 72.0 cm³/mol. The minimum Gasteiger partial charge on any atom is -0.380 e. The van der Waals surface area contributed by atoms with E-state index in [1.54, 1.807) is 13.2 Å². The van der Waals surface area contributed by atoms with Crippen molar-refractivity contribution >= 4 is 0 Å². The Balaban J connectivity index is 2.84. The summed E-state index contributed by atoms with van der Waals surface area (Å²) in [7, 11) is 1.58. The monoisotopic (exact) mass is 290 g/mol. The van der Waals surface area contributed by atoms with Gasteiger partial charge in [-0.2, -0.15) is 13.2 Å². The zero-order chi connectivity index (χ0) is 15.2. The van der Waals surface area contributed by atoms with Crippen LogP contribution in [0.25, 0.3) is 0 Å². The van der Waals surface area contributed by atoms with Crippen LogP contribution in [0, 0.1) is 0 Å². The van der Waals surface area contributed by atoms with Gasteiger partial charge in [-0.25, -0.2) is 0 Å². The van der Waals surface area contributed by atoms with Gasteiger partial charge in [-0.15, -0.1) is 0 Å². The van der Waals surface area contributed by atoms with Gasteiger partial charge in [0.05, 0.1) is 17.7 Å². The van der Waals surface area contributed by atoms with Crippen LogP contribution in [0.5, 0.6) is 0 Å². The first-order valence-corrected chi connectivity index (χ1v) is 6.57. The molecule has 0 aliphatic carbocycles. The summed E-state index contributed by atoms with van der Waals surface area (Å²) in [6, 6.07) is 5.08. The highest BCUT2D eigenvalue weighted by Crippen LogP contribution is 2.29. The molecule has 20 heavy (non-hydrogen) atoms. The molecule has 6 heteroatoms. The predicted octanol–water partition coefficient (Wildman–Crippen LogP) is 2.89. The average molecular weight is 290 g/mol. The van der Waals surface area contributed by atoms with Crippen LogP contribution in [-0.2, 0) is 17.3 Å². The summed E-state index contributed by atoms with van der Waals surface area (Å²) in [5.74, 6) is 5.50. The molecule has 3 N–H and O–H groups in total. The minimum absolute atomic E-state index is 0.125. The number of rotatable bonds is 7. The Hall–Kier alpha value is -1.11. The van der Waals surface area contributed by atoms with Crippen molar-refractivity contribution in [2.24, 2.45) is 5.84 Å². The topological polar surface area (TPSA) is 47.3 Å². The van der Waals surface area contributed by atoms with Gasteiger partial charge in [-0.3, -0.25) is 11.3 Å². The van der Waals surface area contributed by atoms with E-state index in [1.165, 1.54) is 6.07 Å². The molecular formula is C14H21F3N2O. The number of ether oxygens (including phenoxy) is 1. The number of hydrogen-bond donors (Lipinski definition) is 2. The molecule has 0 amide bonds. The van der Waals surface area contributed by atoms with E-state index in [4.69, 9.17) is 10.6 Å². The smallest absolute Gasteiger partial charge is 0.380 e. The van der Waals surface area contributed by atoms with Crippen molar-refractivity contribution in [1.82, 2.24) is 5.43 Å². The Kier molecular flexibility index (Phi) is 6.45. The summed E-state index contributed by atoms with van der Waals surface area (Å²) in [4.78, 5) is 0. The minimum atomic E-state index is -4.33. The second-order valence-corrected chi connectivity index (χ2v) is 4.74. The first-order chi connectivity index (χ1) is 9.42. The quantitative estimate of drug-likeness (QED) is 0.599. The molecule has 0 aliphatic rings. The fourth-order valence-electron chi connectivity index (χ4n) is 2.19. The van der Waals surface area contributed by atoms with Crippen LogP contribution >= 0.6 is 0 Å². The van der Waals surface area contributed by atoms with Crippen molar-refractivity contribution in [3.63, 3.8) is 0 Å². The molecule has 0 aliphatic heterocycles. The van der Waals surface area contributed by atoms with Gasteiger partial charge < -0.3 is 4.74 Å². The molecule has 0 saturated heterocycles. The van der Waals surface area contributed by atoms with E-state index in [0.717, 1.165) is 25.0 Å². The average Bonchev–Trinajstić information content (AvgIpc) is 2.42. The lowest BCUT2D eigenvalue weighted by Crippen LogP contribution is -2.46. The maximum absolute atomic E-state index is 12.7. The fraction of sp³-hybridized carbons (Fsp3) is 0.571. The molecule has 0 radical (unpaired) electrons. The lowest BCUT2D eigenvalue weighted by atomic mass is 9.97. The van der Waals surface area contributed by atoms with Crippen molar-refractivity contribution in [3.8, 4) is 0 Å². The normalized spacial score (nSPS) is 15.1. The summed E-state index contributed by atoms with van der Waals surface area (Å²) in [5.41, 5.74) is 2.58. The highest BCUT2D eigenvalue weighted by atomic mass is 19.4. The number of nitrogens with one attached hydrogen (secondary N) is 1. The van der Waals surface area contributed by atoms with Crippen LogP contribution in [0.2, 0.25) is 0 Å². The second-order valence-electron chi connectivity index (χ2n) is 4.74. The number of nitrogens with two attached hydrogens (primary N) is 1. The lowest BCUT2D eigenvalue weighted by Gasteiger charge is -2.25. The maximum atomic E-state index is 12.7. The van der Waals surface area contributed by atoms with Gasteiger partial charge in [0, 0.05) is 7.11 Å². The van der Waals surface area contributed by atoms with E-state index in [1.807, 2.05) is 6.92 Å². The molecular weight excluding hydrogens is 269 g/mol. The SMILES string of the molecule is CCCC(OC)C(Cc1cccc(C(F)(F)F)c1)NN. The zero-order valence-electron chi connectivity index (χ0n) is 11.7. The van der Waals surface area contributed by atoms with Crippen LogP contribution in [0.4, 0.5) is 13.2 Å². The molecule has 0 aromatic heterocycles. The number of halogens is 3. The Morgan fingerprint density at radius 2 is 2.05 bits per heavy atom. The Bertz CT molecular complexity index is 410. The molecule has 0 spiro atoms. The molecule has 1 aromatic rings. The highest BCUT2D eigenvalue weighted by molar-refractivity contribution is 5.26. The molecule has 3 nitrogen and oxygen atoms in total. The van der Waals surface area contributed by atoms with Gasteiger partial charge >= 0.3 is 6.18 Å². The third kappa shape index (κ3) is 4.77. The molecule has 2 atom stereocenters. The second kappa shape index (κ2) is 7.61. The van der Waals surface area contributed by atoms with Crippen LogP contribution in [0.1, 0.15) is 30.9 Å². The number of hydrogen-bond acceptors (Lipinski definition) is 3. The van der Waals surface area contributed by atoms with Crippen LogP contribution in [0.3, 0.4) is 0 Å². The molecule has 1 aromatic carbocycles. The van der Waals surface area contributed by atoms with E-state index in [-0.39, 0.29) is 12.1 Å². The van der Waals surface area contributed by atoms with Crippen molar-refractivity contribution in [2.75, 3.05) is 7.11 Å². The summed E-state index contributed by atoms with van der Waals surface area (Å²) in [6.45, 7) is 2.02. The van der Waals surface area contributed by atoms with Crippen molar-refractivity contribution < 1.29 is 17.9 Å². The summed E-state index contributed by atoms with van der Waals surface area (Å²) >= 11 is 0. The van der Waals surface area contributed by atoms with E-state index >= 15 is 0 Å². The third-order valence-electron chi connectivity index (χ3n) is 3.25. The zero-order valence-corrected chi connectivity index (χ0v) is 11.7. The van der Waals surface area contributed by atoms with Gasteiger partial charge in [0.25, 0.3) is 0 Å². The highest BCUT2D eigenvalue weighted by Gasteiger charge is 2.30. The van der Waals surface area contributed by atoms with Gasteiger partial charge in [0.1, 0.15) is 0 Å². The fourth-order valence-corrected chi connectivity index (χ4v) is 2.19. The van der Waals surface area contributed by atoms with E-state index in [2.05, 4.69) is 5.43 Å². The van der Waals surface area contributed by atoms with Crippen LogP contribution in [0.15, 0.2) is 24.3 Å². The number of benzene rings is 1. The van der Waals surface area contributed by atoms with Crippen molar-refractivity contribution in [1.29, 1.82) is 0 Å². The first kappa shape index (κ1) is 16.9. The molecule has 0 saturated carbocycles. The Morgan fingerprint density at radius 1 is 1.35 bits per heavy atom. The number of alkyl halides is 3. The van der Waals surface area contributed by atoms with Crippen LogP contribution in [-0.4, -0.2) is 19.3 Å². The van der Waals surface area contributed by atoms with Gasteiger partial charge in [-0.1, -0.05) is 31.5 Å². The maximum Gasteiger partial charge on any atom is 0.416 e. The van der Waals surface area contributed by atoms with Gasteiger partial charge in [0.15, 0.2) is 0 Å². The molecule has 2 unspecified atom stereocenters. The first-order valence-electron chi connectivity index (χ1n) is 6.57. The van der Waals surface area contributed by atoms with Gasteiger partial charge in [-0.05, 0) is 24.5 Å². The van der Waals surface area contributed by atoms with E-state index in [9.17, 15) is 13.2 Å². The molecule has 0 heterocycles. The third-order valence-corrected chi connectivity index (χ3v) is 3.25. The van der Waals surface area contributed by atoms with Crippen molar-refractivity contribution in [3.05, 3.63) is 35.4 Å². The van der Waals surface area contributed by atoms with Gasteiger partial charge in [0.2, 0.25) is 0 Å². The molecule has 1 rings (SSSR count). The number of hydrazine groups is 1. The molecule has 114 valence electrons. The Labute approximate surface area is 117 Å². The van der Waals surface area contributed by atoms with Crippen LogP contribution < -0.4 is 11.3 Å². The van der Waals surface area contributed by atoms with E-state index in [0.29, 0.717) is 12.0 Å². The standard InChI is InChI=1S/C14H21F3N2O/c1-3-5-13(20-2)12(19-18)9-10-6-4-7-11(8-10)14(15,16)17/h4,6-8,12-13,19H,3,5,9,18H2,1-2H3. The van der Waals surface area contributed by atoms with Crippen molar-refractivity contribution in [2.45, 2.75) is 44.5 Å².